The molecule has 5 heteroatoms. The first kappa shape index (κ1) is 8.67. The highest BCUT2D eigenvalue weighted by Crippen LogP contribution is 2.31. The van der Waals surface area contributed by atoms with E-state index in [0.717, 1.165) is 26.6 Å². The molecule has 0 bridgehead atoms. The third-order valence-corrected chi connectivity index (χ3v) is 3.57. The van der Waals surface area contributed by atoms with Crippen molar-refractivity contribution in [1.29, 1.82) is 0 Å². The van der Waals surface area contributed by atoms with Crippen molar-refractivity contribution >= 4 is 32.5 Å². The van der Waals surface area contributed by atoms with Crippen molar-refractivity contribution in [2.75, 3.05) is 0 Å². The maximum Gasteiger partial charge on any atom is 0.109 e. The standard InChI is InChI=1S/C10H8N4S/c1-5-7-3-11-12-4-8(7)6(2)10-9(5)13-14-15-10/h3-4H,1-2H3. The minimum atomic E-state index is 0.984. The van der Waals surface area contributed by atoms with E-state index in [1.165, 1.54) is 17.1 Å². The number of aromatic nitrogens is 4. The van der Waals surface area contributed by atoms with Gasteiger partial charge in [-0.05, 0) is 36.5 Å². The summed E-state index contributed by atoms with van der Waals surface area (Å²) in [6.45, 7) is 4.12. The molecule has 0 saturated heterocycles. The van der Waals surface area contributed by atoms with Crippen LogP contribution in [0.2, 0.25) is 0 Å². The van der Waals surface area contributed by atoms with Crippen LogP contribution in [-0.4, -0.2) is 19.8 Å². The SMILES string of the molecule is Cc1c2cnncc2c(C)c2snnc12. The minimum Gasteiger partial charge on any atom is -0.158 e. The Labute approximate surface area is 90.1 Å². The third-order valence-electron chi connectivity index (χ3n) is 2.72. The van der Waals surface area contributed by atoms with Crippen LogP contribution < -0.4 is 0 Å². The summed E-state index contributed by atoms with van der Waals surface area (Å²) in [7, 11) is 0. The molecule has 0 fully saturated rings. The van der Waals surface area contributed by atoms with E-state index in [1.54, 1.807) is 12.4 Å². The van der Waals surface area contributed by atoms with Crippen LogP contribution in [0.5, 0.6) is 0 Å². The number of aryl methyl sites for hydroxylation is 2. The number of fused-ring (bicyclic) bond motifs is 2. The molecule has 0 aliphatic rings. The number of hydrogen-bond acceptors (Lipinski definition) is 5. The molecular formula is C10H8N4S. The number of hydrogen-bond donors (Lipinski definition) is 0. The summed E-state index contributed by atoms with van der Waals surface area (Å²) in [6, 6.07) is 0. The number of benzene rings is 1. The van der Waals surface area contributed by atoms with Crippen LogP contribution in [0.3, 0.4) is 0 Å². The summed E-state index contributed by atoms with van der Waals surface area (Å²) in [5.74, 6) is 0. The summed E-state index contributed by atoms with van der Waals surface area (Å²) in [4.78, 5) is 0. The predicted molar refractivity (Wildman–Crippen MR) is 60.0 cm³/mol. The molecule has 74 valence electrons. The van der Waals surface area contributed by atoms with Gasteiger partial charge in [0, 0.05) is 10.8 Å². The lowest BCUT2D eigenvalue weighted by Gasteiger charge is -2.04. The first-order valence-corrected chi connectivity index (χ1v) is 5.38. The summed E-state index contributed by atoms with van der Waals surface area (Å²) >= 11 is 1.43. The second-order valence-electron chi connectivity index (χ2n) is 3.52. The second-order valence-corrected chi connectivity index (χ2v) is 4.27. The Morgan fingerprint density at radius 1 is 1.00 bits per heavy atom. The van der Waals surface area contributed by atoms with Crippen molar-refractivity contribution < 1.29 is 0 Å². The van der Waals surface area contributed by atoms with Crippen LogP contribution in [0, 0.1) is 13.8 Å². The summed E-state index contributed by atoms with van der Waals surface area (Å²) in [5.41, 5.74) is 3.31. The van der Waals surface area contributed by atoms with Gasteiger partial charge in [-0.3, -0.25) is 0 Å². The fraction of sp³-hybridized carbons (Fsp3) is 0.200. The minimum absolute atomic E-state index is 0.984. The van der Waals surface area contributed by atoms with Crippen molar-refractivity contribution in [3.8, 4) is 0 Å². The molecule has 0 unspecified atom stereocenters. The average Bonchev–Trinajstić information content (AvgIpc) is 2.75. The molecular weight excluding hydrogens is 208 g/mol. The van der Waals surface area contributed by atoms with Gasteiger partial charge >= 0.3 is 0 Å². The maximum atomic E-state index is 4.15. The third kappa shape index (κ3) is 1.07. The van der Waals surface area contributed by atoms with E-state index in [4.69, 9.17) is 0 Å². The fourth-order valence-corrected chi connectivity index (χ4v) is 2.58. The van der Waals surface area contributed by atoms with Gasteiger partial charge in [0.15, 0.2) is 0 Å². The Morgan fingerprint density at radius 3 is 2.40 bits per heavy atom. The van der Waals surface area contributed by atoms with Crippen molar-refractivity contribution in [1.82, 2.24) is 19.8 Å². The zero-order valence-electron chi connectivity index (χ0n) is 8.35. The van der Waals surface area contributed by atoms with Crippen LogP contribution in [0.1, 0.15) is 11.1 Å². The predicted octanol–water partition coefficient (Wildman–Crippen LogP) is 2.25. The molecule has 0 aliphatic carbocycles. The normalized spacial score (nSPS) is 11.3. The molecule has 15 heavy (non-hydrogen) atoms. The highest BCUT2D eigenvalue weighted by atomic mass is 32.1. The smallest absolute Gasteiger partial charge is 0.109 e. The van der Waals surface area contributed by atoms with Gasteiger partial charge in [-0.25, -0.2) is 0 Å². The van der Waals surface area contributed by atoms with Gasteiger partial charge in [0.2, 0.25) is 0 Å². The Bertz CT molecular complexity index is 603. The quantitative estimate of drug-likeness (QED) is 0.578. The number of rotatable bonds is 0. The second kappa shape index (κ2) is 2.93. The van der Waals surface area contributed by atoms with Crippen molar-refractivity contribution in [3.63, 3.8) is 0 Å². The van der Waals surface area contributed by atoms with Crippen LogP contribution in [-0.2, 0) is 0 Å². The maximum absolute atomic E-state index is 4.15. The molecule has 3 rings (SSSR count). The molecule has 2 heterocycles. The molecule has 3 aromatic rings. The Hall–Kier alpha value is -1.62. The molecule has 0 atom stereocenters. The summed E-state index contributed by atoms with van der Waals surface area (Å²) in [5, 5.41) is 14.2. The molecule has 0 spiro atoms. The molecule has 0 saturated carbocycles. The van der Waals surface area contributed by atoms with Crippen molar-refractivity contribution in [3.05, 3.63) is 23.5 Å². The average molecular weight is 216 g/mol. The number of nitrogens with zero attached hydrogens (tertiary/aromatic N) is 4. The topological polar surface area (TPSA) is 51.6 Å². The van der Waals surface area contributed by atoms with Gasteiger partial charge in [0.05, 0.1) is 17.1 Å². The Kier molecular flexibility index (Phi) is 1.70. The van der Waals surface area contributed by atoms with E-state index in [1.807, 2.05) is 6.92 Å². The van der Waals surface area contributed by atoms with Gasteiger partial charge in [-0.1, -0.05) is 4.49 Å². The fourth-order valence-electron chi connectivity index (χ4n) is 1.85. The Morgan fingerprint density at radius 2 is 1.67 bits per heavy atom. The Balaban J connectivity index is 2.69. The molecule has 4 nitrogen and oxygen atoms in total. The molecule has 0 amide bonds. The van der Waals surface area contributed by atoms with E-state index >= 15 is 0 Å². The van der Waals surface area contributed by atoms with Crippen LogP contribution in [0.15, 0.2) is 12.4 Å². The van der Waals surface area contributed by atoms with Crippen LogP contribution in [0.25, 0.3) is 21.0 Å². The van der Waals surface area contributed by atoms with Crippen LogP contribution >= 0.6 is 11.5 Å². The summed E-state index contributed by atoms with van der Waals surface area (Å²) < 4.78 is 5.14. The molecule has 0 N–H and O–H groups in total. The molecule has 2 aromatic heterocycles. The van der Waals surface area contributed by atoms with Crippen molar-refractivity contribution in [2.45, 2.75) is 13.8 Å². The van der Waals surface area contributed by atoms with Gasteiger partial charge in [-0.15, -0.1) is 5.10 Å². The molecule has 0 radical (unpaired) electrons. The van der Waals surface area contributed by atoms with Gasteiger partial charge in [-0.2, -0.15) is 10.2 Å². The molecule has 0 aliphatic heterocycles. The first-order chi connectivity index (χ1) is 7.29. The van der Waals surface area contributed by atoms with Gasteiger partial charge in [0.1, 0.15) is 5.52 Å². The van der Waals surface area contributed by atoms with Crippen molar-refractivity contribution in [2.24, 2.45) is 0 Å². The van der Waals surface area contributed by atoms with E-state index in [0.29, 0.717) is 0 Å². The monoisotopic (exact) mass is 216 g/mol. The highest BCUT2D eigenvalue weighted by Gasteiger charge is 2.11. The van der Waals surface area contributed by atoms with E-state index in [-0.39, 0.29) is 0 Å². The molecule has 1 aromatic carbocycles. The lowest BCUT2D eigenvalue weighted by molar-refractivity contribution is 1.05. The lowest BCUT2D eigenvalue weighted by atomic mass is 10.0. The summed E-state index contributed by atoms with van der Waals surface area (Å²) in [6.07, 6.45) is 3.59. The van der Waals surface area contributed by atoms with Gasteiger partial charge < -0.3 is 0 Å². The first-order valence-electron chi connectivity index (χ1n) is 4.60. The van der Waals surface area contributed by atoms with E-state index < -0.39 is 0 Å². The zero-order chi connectivity index (χ0) is 10.4. The zero-order valence-corrected chi connectivity index (χ0v) is 9.17. The van der Waals surface area contributed by atoms with Gasteiger partial charge in [0.25, 0.3) is 0 Å². The lowest BCUT2D eigenvalue weighted by Crippen LogP contribution is -1.89. The highest BCUT2D eigenvalue weighted by molar-refractivity contribution is 7.13. The van der Waals surface area contributed by atoms with E-state index in [9.17, 15) is 0 Å². The van der Waals surface area contributed by atoms with E-state index in [2.05, 4.69) is 26.7 Å². The van der Waals surface area contributed by atoms with Crippen LogP contribution in [0.4, 0.5) is 0 Å². The largest absolute Gasteiger partial charge is 0.158 e.